The Morgan fingerprint density at radius 1 is 0.742 bits per heavy atom. The topological polar surface area (TPSA) is 168 Å². The quantitative estimate of drug-likeness (QED) is 0.0797. The number of allylic oxidation sites excluding steroid dienone is 2. The van der Waals surface area contributed by atoms with E-state index in [0.717, 1.165) is 74.0 Å². The van der Waals surface area contributed by atoms with E-state index in [-0.39, 0.29) is 88.8 Å². The van der Waals surface area contributed by atoms with E-state index in [9.17, 15) is 24.3 Å². The Hall–Kier alpha value is -5.08. The molecule has 1 aliphatic carbocycles. The van der Waals surface area contributed by atoms with Gasteiger partial charge in [-0.05, 0) is 114 Å². The third-order valence-corrected chi connectivity index (χ3v) is 15.5. The van der Waals surface area contributed by atoms with E-state index in [0.29, 0.717) is 35.0 Å². The summed E-state index contributed by atoms with van der Waals surface area (Å²) in [6.45, 7) is 24.5. The second kappa shape index (κ2) is 18.2. The van der Waals surface area contributed by atoms with Gasteiger partial charge in [0, 0.05) is 115 Å². The van der Waals surface area contributed by atoms with Crippen LogP contribution in [-0.2, 0) is 41.5 Å². The third kappa shape index (κ3) is 9.68. The van der Waals surface area contributed by atoms with E-state index in [1.165, 1.54) is 0 Å². The van der Waals surface area contributed by atoms with Gasteiger partial charge in [-0.2, -0.15) is 0 Å². The molecule has 66 heavy (non-hydrogen) atoms. The normalized spacial score (nSPS) is 22.2. The molecule has 0 atom stereocenters. The number of carbonyl (C=O) groups excluding carboxylic acids is 4. The predicted octanol–water partition coefficient (Wildman–Crippen LogP) is 6.12. The van der Waals surface area contributed by atoms with E-state index in [1.54, 1.807) is 0 Å². The minimum Gasteiger partial charge on any atom is -0.506 e. The van der Waals surface area contributed by atoms with Crippen LogP contribution in [0.5, 0.6) is 0 Å². The molecule has 14 heteroatoms. The Kier molecular flexibility index (Phi) is 13.5. The Bertz CT molecular complexity index is 2470. The molecule has 4 N–H and O–H groups in total. The number of carbonyl (C=O) groups is 4. The second-order valence-electron chi connectivity index (χ2n) is 21.7. The molecule has 0 saturated carbocycles. The molecule has 2 aromatic carbocycles. The summed E-state index contributed by atoms with van der Waals surface area (Å²) in [5, 5.41) is 28.0. The van der Waals surface area contributed by atoms with Crippen molar-refractivity contribution in [1.82, 2.24) is 14.4 Å². The molecule has 2 saturated heterocycles. The lowest BCUT2D eigenvalue weighted by molar-refractivity contribution is -0.159. The highest BCUT2D eigenvalue weighted by molar-refractivity contribution is 6.52. The Labute approximate surface area is 391 Å². The number of ether oxygens (including phenoxy) is 2. The van der Waals surface area contributed by atoms with Crippen LogP contribution in [0.1, 0.15) is 137 Å². The monoisotopic (exact) mass is 909 g/mol. The zero-order chi connectivity index (χ0) is 48.3. The van der Waals surface area contributed by atoms with E-state index in [1.807, 2.05) is 24.3 Å². The van der Waals surface area contributed by atoms with Crippen LogP contribution >= 0.6 is 0 Å². The first-order valence-corrected chi connectivity index (χ1v) is 24.1. The SMILES string of the molecule is CCN1CCc2cc(C3=C(O)C(=c4cc5c(cc4NC(=O)CCC(=N)OC4CC(C)(C)N(C)C(C)(C)C4)=[N+](CC)CC5)C3=O)c(NC(=O)CCC(=O)OC3CC(C)(C)N(C)C(C)(C)C3)cc21. The first-order chi connectivity index (χ1) is 30.8. The highest BCUT2D eigenvalue weighted by atomic mass is 16.5. The third-order valence-electron chi connectivity index (χ3n) is 15.5. The van der Waals surface area contributed by atoms with Crippen LogP contribution in [0.25, 0.3) is 11.1 Å². The van der Waals surface area contributed by atoms with Crippen LogP contribution in [0, 0.1) is 5.41 Å². The molecule has 4 heterocycles. The van der Waals surface area contributed by atoms with Crippen molar-refractivity contribution in [3.63, 3.8) is 0 Å². The summed E-state index contributed by atoms with van der Waals surface area (Å²) in [5.41, 5.74) is 3.79. The maximum Gasteiger partial charge on any atom is 0.306 e. The van der Waals surface area contributed by atoms with Gasteiger partial charge < -0.3 is 30.1 Å². The first-order valence-electron chi connectivity index (χ1n) is 24.1. The lowest BCUT2D eigenvalue weighted by atomic mass is 9.78. The molecular weight excluding hydrogens is 835 g/mol. The summed E-state index contributed by atoms with van der Waals surface area (Å²) >= 11 is 0. The van der Waals surface area contributed by atoms with Crippen LogP contribution in [0.15, 0.2) is 30.0 Å². The summed E-state index contributed by atoms with van der Waals surface area (Å²) < 4.78 is 14.3. The second-order valence-corrected chi connectivity index (χ2v) is 21.7. The zero-order valence-corrected chi connectivity index (χ0v) is 41.5. The Balaban J connectivity index is 1.12. The molecular formula is C52H74N7O7+. The van der Waals surface area contributed by atoms with Crippen LogP contribution < -0.4 is 30.7 Å². The molecule has 4 aliphatic heterocycles. The number of esters is 1. The van der Waals surface area contributed by atoms with Gasteiger partial charge in [0.2, 0.25) is 23.0 Å². The summed E-state index contributed by atoms with van der Waals surface area (Å²) in [4.78, 5) is 61.8. The number of amides is 2. The van der Waals surface area contributed by atoms with Gasteiger partial charge >= 0.3 is 5.97 Å². The Morgan fingerprint density at radius 3 is 1.86 bits per heavy atom. The molecule has 0 unspecified atom stereocenters. The van der Waals surface area contributed by atoms with Crippen molar-refractivity contribution in [2.24, 2.45) is 0 Å². The summed E-state index contributed by atoms with van der Waals surface area (Å²) in [5.74, 6) is -1.73. The van der Waals surface area contributed by atoms with Gasteiger partial charge in [0.15, 0.2) is 5.90 Å². The fourth-order valence-corrected chi connectivity index (χ4v) is 11.3. The molecule has 5 aliphatic rings. The number of likely N-dealkylation sites (N-methyl/N-ethyl adjacent to an activating group) is 2. The summed E-state index contributed by atoms with van der Waals surface area (Å²) in [6.07, 6.45) is 3.91. The van der Waals surface area contributed by atoms with E-state index in [2.05, 4.69) is 113 Å². The van der Waals surface area contributed by atoms with Crippen molar-refractivity contribution >= 4 is 57.7 Å². The average molecular weight is 909 g/mol. The van der Waals surface area contributed by atoms with Crippen molar-refractivity contribution in [2.75, 3.05) is 55.8 Å². The number of nitrogens with zero attached hydrogens (tertiary/aromatic N) is 4. The first kappa shape index (κ1) is 48.8. The number of ketones is 1. The van der Waals surface area contributed by atoms with Crippen LogP contribution in [0.2, 0.25) is 0 Å². The number of rotatable bonds is 13. The van der Waals surface area contributed by atoms with E-state index in [4.69, 9.17) is 14.9 Å². The lowest BCUT2D eigenvalue weighted by Crippen LogP contribution is -2.60. The molecule has 2 fully saturated rings. The van der Waals surface area contributed by atoms with E-state index >= 15 is 0 Å². The number of fused-ring (bicyclic) bond motifs is 2. The average Bonchev–Trinajstić information content (AvgIpc) is 3.82. The van der Waals surface area contributed by atoms with E-state index < -0.39 is 17.7 Å². The predicted molar refractivity (Wildman–Crippen MR) is 261 cm³/mol. The van der Waals surface area contributed by atoms with Gasteiger partial charge in [0.05, 0.1) is 28.9 Å². The maximum absolute atomic E-state index is 14.5. The molecule has 7 rings (SSSR count). The number of benzene rings is 2. The number of likely N-dealkylation sites (tertiary alicyclic amines) is 2. The highest BCUT2D eigenvalue weighted by Gasteiger charge is 2.46. The zero-order valence-electron chi connectivity index (χ0n) is 41.5. The van der Waals surface area contributed by atoms with Gasteiger partial charge in [0.25, 0.3) is 0 Å². The molecule has 0 spiro atoms. The van der Waals surface area contributed by atoms with Crippen molar-refractivity contribution in [3.05, 3.63) is 57.3 Å². The molecule has 358 valence electrons. The van der Waals surface area contributed by atoms with Crippen LogP contribution in [-0.4, -0.2) is 119 Å². The number of Topliss-reactive ketones (excluding diaryl/α,β-unsaturated/α-hetero) is 1. The Morgan fingerprint density at radius 2 is 1.30 bits per heavy atom. The minimum absolute atomic E-state index is 0.00181. The number of piperidine rings is 2. The van der Waals surface area contributed by atoms with Gasteiger partial charge in [-0.15, -0.1) is 0 Å². The van der Waals surface area contributed by atoms with Crippen molar-refractivity contribution in [2.45, 2.75) is 168 Å². The molecule has 0 radical (unpaired) electrons. The number of anilines is 3. The number of hydrogen-bond donors (Lipinski definition) is 4. The smallest absolute Gasteiger partial charge is 0.306 e. The highest BCUT2D eigenvalue weighted by Crippen LogP contribution is 2.44. The van der Waals surface area contributed by atoms with Gasteiger partial charge in [0.1, 0.15) is 31.1 Å². The van der Waals surface area contributed by atoms with Crippen molar-refractivity contribution in [1.29, 1.82) is 5.41 Å². The summed E-state index contributed by atoms with van der Waals surface area (Å²) in [6, 6.07) is 7.53. The number of nitrogens with one attached hydrogen (secondary N) is 3. The maximum atomic E-state index is 14.5. The molecule has 2 amide bonds. The van der Waals surface area contributed by atoms with Gasteiger partial charge in [-0.3, -0.25) is 34.4 Å². The van der Waals surface area contributed by atoms with Crippen LogP contribution in [0.4, 0.5) is 17.1 Å². The van der Waals surface area contributed by atoms with Crippen molar-refractivity contribution in [3.8, 4) is 0 Å². The summed E-state index contributed by atoms with van der Waals surface area (Å²) in [7, 11) is 4.22. The fourth-order valence-electron chi connectivity index (χ4n) is 11.3. The lowest BCUT2D eigenvalue weighted by Gasteiger charge is -2.53. The molecule has 0 aromatic heterocycles. The molecule has 2 aromatic rings. The van der Waals surface area contributed by atoms with Crippen molar-refractivity contribution < 1.29 is 33.8 Å². The molecule has 0 bridgehead atoms. The van der Waals surface area contributed by atoms with Crippen LogP contribution in [0.3, 0.4) is 0 Å². The van der Waals surface area contributed by atoms with Gasteiger partial charge in [-0.25, -0.2) is 4.58 Å². The van der Waals surface area contributed by atoms with Gasteiger partial charge in [-0.1, -0.05) is 0 Å². The number of hydrogen-bond acceptors (Lipinski definition) is 11. The number of aliphatic hydroxyl groups is 1. The minimum atomic E-state index is -0.432. The fraction of sp³-hybridized carbons (Fsp3) is 0.615. The molecule has 14 nitrogen and oxygen atoms in total. The number of aliphatic hydroxyl groups excluding tert-OH is 1. The standard InChI is InChI=1S/C52H73N7O7/c1-13-58-21-19-31-23-35(37(25-39(31)58)54-42(60)16-15-41(53)65-33-27-49(3,4)56(11)50(5,6)28-33)45-47(63)46(48(45)64)36-24-32-20-22-59(14-2)40(32)26-38(36)55-43(61)17-18-44(62)66-34-29-51(7,8)57(12)52(9,10)30-34/h23-26,33-34,53H,13-22,27-30H2,1-12H3,(H2,54,55,60,61,63,64)/p+1. The largest absolute Gasteiger partial charge is 0.506 e.